The van der Waals surface area contributed by atoms with Crippen molar-refractivity contribution in [2.24, 2.45) is 0 Å². The lowest BCUT2D eigenvalue weighted by atomic mass is 10.3. The maximum Gasteiger partial charge on any atom is 0.0638 e. The summed E-state index contributed by atoms with van der Waals surface area (Å²) < 4.78 is 10.2. The van der Waals surface area contributed by atoms with Gasteiger partial charge in [0.25, 0.3) is 0 Å². The van der Waals surface area contributed by atoms with E-state index in [9.17, 15) is 0 Å². The van der Waals surface area contributed by atoms with Gasteiger partial charge in [0.2, 0.25) is 0 Å². The van der Waals surface area contributed by atoms with Gasteiger partial charge in [0.15, 0.2) is 0 Å². The summed E-state index contributed by atoms with van der Waals surface area (Å²) in [6.45, 7) is 4.96. The van der Waals surface area contributed by atoms with E-state index in [-0.39, 0.29) is 12.6 Å². The Labute approximate surface area is 80.2 Å². The Morgan fingerprint density at radius 3 is 2.69 bits per heavy atom. The summed E-state index contributed by atoms with van der Waals surface area (Å²) in [5.74, 6) is 0. The van der Waals surface area contributed by atoms with Gasteiger partial charge in [-0.1, -0.05) is 6.92 Å². The van der Waals surface area contributed by atoms with Gasteiger partial charge < -0.3 is 19.9 Å². The fourth-order valence-corrected chi connectivity index (χ4v) is 0.959. The highest BCUT2D eigenvalue weighted by atomic mass is 16.5. The van der Waals surface area contributed by atoms with Gasteiger partial charge >= 0.3 is 0 Å². The first-order chi connectivity index (χ1) is 6.35. The van der Waals surface area contributed by atoms with Crippen LogP contribution in [-0.2, 0) is 9.47 Å². The van der Waals surface area contributed by atoms with Gasteiger partial charge in [0.1, 0.15) is 0 Å². The van der Waals surface area contributed by atoms with Crippen LogP contribution in [0, 0.1) is 0 Å². The van der Waals surface area contributed by atoms with Gasteiger partial charge in [0.05, 0.1) is 25.9 Å². The average molecular weight is 191 g/mol. The molecule has 2 N–H and O–H groups in total. The van der Waals surface area contributed by atoms with Crippen LogP contribution in [0.25, 0.3) is 0 Å². The fourth-order valence-electron chi connectivity index (χ4n) is 0.959. The second kappa shape index (κ2) is 9.92. The molecule has 0 rings (SSSR count). The van der Waals surface area contributed by atoms with E-state index in [2.05, 4.69) is 12.2 Å². The third kappa shape index (κ3) is 8.18. The molecular formula is C9H21NO3. The van der Waals surface area contributed by atoms with Crippen molar-refractivity contribution >= 4 is 0 Å². The molecule has 0 aliphatic heterocycles. The number of rotatable bonds is 9. The number of aliphatic hydroxyl groups excluding tert-OH is 1. The van der Waals surface area contributed by atoms with Gasteiger partial charge in [0, 0.05) is 20.3 Å². The van der Waals surface area contributed by atoms with E-state index in [0.29, 0.717) is 13.2 Å². The highest BCUT2D eigenvalue weighted by Crippen LogP contribution is 1.84. The molecule has 0 radical (unpaired) electrons. The molecule has 0 aliphatic rings. The van der Waals surface area contributed by atoms with E-state index >= 15 is 0 Å². The Hall–Kier alpha value is -0.160. The third-order valence-electron chi connectivity index (χ3n) is 1.62. The number of ether oxygens (including phenoxy) is 2. The predicted octanol–water partition coefficient (Wildman–Crippen LogP) is 0.00990. The van der Waals surface area contributed by atoms with Crippen molar-refractivity contribution in [2.45, 2.75) is 19.4 Å². The Balaban J connectivity index is 3.17. The number of hydrogen-bond acceptors (Lipinski definition) is 4. The first kappa shape index (κ1) is 12.8. The summed E-state index contributed by atoms with van der Waals surface area (Å²) in [5, 5.41) is 12.0. The maximum atomic E-state index is 8.88. The summed E-state index contributed by atoms with van der Waals surface area (Å²) in [6, 6.07) is 0.0234. The molecular weight excluding hydrogens is 170 g/mol. The molecule has 0 aromatic heterocycles. The Morgan fingerprint density at radius 1 is 1.38 bits per heavy atom. The second-order valence-corrected chi connectivity index (χ2v) is 2.90. The lowest BCUT2D eigenvalue weighted by molar-refractivity contribution is 0.107. The fraction of sp³-hybridized carbons (Fsp3) is 1.00. The molecule has 4 nitrogen and oxygen atoms in total. The number of aliphatic hydroxyl groups is 1. The van der Waals surface area contributed by atoms with Crippen LogP contribution in [0.5, 0.6) is 0 Å². The van der Waals surface area contributed by atoms with Crippen LogP contribution < -0.4 is 5.32 Å². The van der Waals surface area contributed by atoms with Crippen molar-refractivity contribution < 1.29 is 14.6 Å². The summed E-state index contributed by atoms with van der Waals surface area (Å²) >= 11 is 0. The molecule has 0 heterocycles. The van der Waals surface area contributed by atoms with Crippen LogP contribution in [0.1, 0.15) is 13.3 Å². The molecule has 0 amide bonds. The molecule has 0 bridgehead atoms. The molecule has 4 heteroatoms. The molecule has 0 spiro atoms. The Morgan fingerprint density at radius 2 is 2.15 bits per heavy atom. The molecule has 0 aliphatic carbocycles. The molecule has 0 saturated carbocycles. The van der Waals surface area contributed by atoms with Crippen molar-refractivity contribution in [3.63, 3.8) is 0 Å². The number of hydrogen-bond donors (Lipinski definition) is 2. The average Bonchev–Trinajstić information content (AvgIpc) is 2.16. The van der Waals surface area contributed by atoms with Crippen LogP contribution >= 0.6 is 0 Å². The van der Waals surface area contributed by atoms with Crippen molar-refractivity contribution in [2.75, 3.05) is 40.1 Å². The smallest absolute Gasteiger partial charge is 0.0638 e. The van der Waals surface area contributed by atoms with Gasteiger partial charge in [-0.2, -0.15) is 0 Å². The summed E-state index contributed by atoms with van der Waals surface area (Å²) in [6.07, 6.45) is 1.04. The zero-order valence-electron chi connectivity index (χ0n) is 8.58. The van der Waals surface area contributed by atoms with E-state index in [1.807, 2.05) is 0 Å². The minimum atomic E-state index is 0.0234. The van der Waals surface area contributed by atoms with E-state index in [4.69, 9.17) is 14.6 Å². The predicted molar refractivity (Wildman–Crippen MR) is 51.9 cm³/mol. The van der Waals surface area contributed by atoms with Crippen molar-refractivity contribution in [1.82, 2.24) is 5.32 Å². The largest absolute Gasteiger partial charge is 0.395 e. The monoisotopic (exact) mass is 191 g/mol. The molecule has 1 atom stereocenters. The van der Waals surface area contributed by atoms with E-state index < -0.39 is 0 Å². The summed E-state index contributed by atoms with van der Waals surface area (Å²) in [7, 11) is 1.62. The molecule has 80 valence electrons. The third-order valence-corrected chi connectivity index (χ3v) is 1.62. The minimum absolute atomic E-state index is 0.0234. The lowest BCUT2D eigenvalue weighted by Crippen LogP contribution is -2.38. The SMILES string of the molecule is CCCOCCNC(CO)COC. The van der Waals surface area contributed by atoms with E-state index in [0.717, 1.165) is 19.6 Å². The molecule has 0 saturated heterocycles. The second-order valence-electron chi connectivity index (χ2n) is 2.90. The van der Waals surface area contributed by atoms with Crippen molar-refractivity contribution in [3.8, 4) is 0 Å². The van der Waals surface area contributed by atoms with Gasteiger partial charge in [-0.3, -0.25) is 0 Å². The molecule has 0 aromatic rings. The van der Waals surface area contributed by atoms with Crippen LogP contribution in [0.15, 0.2) is 0 Å². The van der Waals surface area contributed by atoms with Crippen LogP contribution in [-0.4, -0.2) is 51.2 Å². The first-order valence-corrected chi connectivity index (χ1v) is 4.76. The standard InChI is InChI=1S/C9H21NO3/c1-3-5-13-6-4-10-9(7-11)8-12-2/h9-11H,3-8H2,1-2H3. The van der Waals surface area contributed by atoms with Crippen LogP contribution in [0.4, 0.5) is 0 Å². The first-order valence-electron chi connectivity index (χ1n) is 4.76. The Bertz CT molecular complexity index is 101. The minimum Gasteiger partial charge on any atom is -0.395 e. The van der Waals surface area contributed by atoms with Crippen LogP contribution in [0.3, 0.4) is 0 Å². The molecule has 0 aromatic carbocycles. The maximum absolute atomic E-state index is 8.88. The summed E-state index contributed by atoms with van der Waals surface area (Å²) in [5.41, 5.74) is 0. The zero-order valence-corrected chi connectivity index (χ0v) is 8.58. The van der Waals surface area contributed by atoms with Gasteiger partial charge in [-0.25, -0.2) is 0 Å². The van der Waals surface area contributed by atoms with Crippen LogP contribution in [0.2, 0.25) is 0 Å². The molecule has 0 fully saturated rings. The molecule has 13 heavy (non-hydrogen) atoms. The lowest BCUT2D eigenvalue weighted by Gasteiger charge is -2.14. The van der Waals surface area contributed by atoms with Crippen molar-refractivity contribution in [1.29, 1.82) is 0 Å². The number of nitrogens with one attached hydrogen (secondary N) is 1. The normalized spacial score (nSPS) is 13.2. The summed E-state index contributed by atoms with van der Waals surface area (Å²) in [4.78, 5) is 0. The number of methoxy groups -OCH3 is 1. The van der Waals surface area contributed by atoms with Gasteiger partial charge in [-0.15, -0.1) is 0 Å². The zero-order chi connectivity index (χ0) is 9.94. The quantitative estimate of drug-likeness (QED) is 0.504. The highest BCUT2D eigenvalue weighted by Gasteiger charge is 2.04. The topological polar surface area (TPSA) is 50.7 Å². The van der Waals surface area contributed by atoms with Crippen molar-refractivity contribution in [3.05, 3.63) is 0 Å². The highest BCUT2D eigenvalue weighted by molar-refractivity contribution is 4.63. The van der Waals surface area contributed by atoms with E-state index in [1.165, 1.54) is 0 Å². The molecule has 1 unspecified atom stereocenters. The van der Waals surface area contributed by atoms with E-state index in [1.54, 1.807) is 7.11 Å². The van der Waals surface area contributed by atoms with Gasteiger partial charge in [-0.05, 0) is 6.42 Å². The Kier molecular flexibility index (Phi) is 9.80.